The minimum absolute atomic E-state index is 0.0315. The molecule has 1 aliphatic heterocycles. The number of carbonyl (C=O) groups is 1. The highest BCUT2D eigenvalue weighted by molar-refractivity contribution is 6.30. The van der Waals surface area contributed by atoms with Gasteiger partial charge in [-0.05, 0) is 64.5 Å². The molecule has 1 amide bonds. The summed E-state index contributed by atoms with van der Waals surface area (Å²) in [6, 6.07) is 3.60. The van der Waals surface area contributed by atoms with Crippen LogP contribution in [-0.4, -0.2) is 71.9 Å². The number of aromatic nitrogens is 6. The number of hydrogen-bond acceptors (Lipinski definition) is 9. The van der Waals surface area contributed by atoms with Gasteiger partial charge in [-0.1, -0.05) is 36.5 Å². The van der Waals surface area contributed by atoms with E-state index in [1.807, 2.05) is 26.0 Å². The zero-order valence-corrected chi connectivity index (χ0v) is 26.5. The van der Waals surface area contributed by atoms with Gasteiger partial charge in [0.2, 0.25) is 11.8 Å². The highest BCUT2D eigenvalue weighted by Gasteiger charge is 2.37. The number of hydrogen-bond donors (Lipinski definition) is 1. The number of piperazine rings is 1. The molecular weight excluding hydrogens is 584 g/mol. The zero-order chi connectivity index (χ0) is 31.1. The fraction of sp³-hybridized carbons (Fsp3) is 0.548. The molecule has 0 aromatic carbocycles. The monoisotopic (exact) mass is 622 g/mol. The number of pyridine rings is 2. The molecule has 5 heterocycles. The van der Waals surface area contributed by atoms with Crippen molar-refractivity contribution < 1.29 is 14.1 Å². The maximum Gasteiger partial charge on any atom is 0.439 e. The Kier molecular flexibility index (Phi) is 8.36. The van der Waals surface area contributed by atoms with E-state index in [2.05, 4.69) is 45.4 Å². The Morgan fingerprint density at radius 1 is 1.09 bits per heavy atom. The number of amides is 1. The Morgan fingerprint density at radius 2 is 1.82 bits per heavy atom. The number of aromatic amines is 1. The first kappa shape index (κ1) is 30.1. The van der Waals surface area contributed by atoms with Crippen LogP contribution >= 0.6 is 11.6 Å². The fourth-order valence-corrected chi connectivity index (χ4v) is 6.80. The lowest BCUT2D eigenvalue weighted by molar-refractivity contribution is 0.0668. The normalized spacial score (nSPS) is 22.6. The lowest BCUT2D eigenvalue weighted by Crippen LogP contribution is -2.59. The van der Waals surface area contributed by atoms with Crippen LogP contribution < -0.4 is 10.7 Å². The number of halogens is 1. The second-order valence-electron chi connectivity index (χ2n) is 12.7. The topological polar surface area (TPSA) is 135 Å². The van der Waals surface area contributed by atoms with Crippen molar-refractivity contribution in [1.82, 2.24) is 34.6 Å². The van der Waals surface area contributed by atoms with E-state index in [9.17, 15) is 9.59 Å². The molecule has 6 rings (SSSR count). The molecule has 1 unspecified atom stereocenters. The lowest BCUT2D eigenvalue weighted by Gasteiger charge is -2.44. The number of nitrogens with one attached hydrogen (secondary N) is 1. The third-order valence-corrected chi connectivity index (χ3v) is 8.89. The summed E-state index contributed by atoms with van der Waals surface area (Å²) < 4.78 is 12.6. The van der Waals surface area contributed by atoms with Crippen LogP contribution in [-0.2, 0) is 11.3 Å². The van der Waals surface area contributed by atoms with Gasteiger partial charge in [-0.15, -0.1) is 0 Å². The molecule has 2 aliphatic rings. The highest BCUT2D eigenvalue weighted by atomic mass is 35.5. The molecule has 234 valence electrons. The molecular formula is C31H39ClN8O4. The van der Waals surface area contributed by atoms with E-state index >= 15 is 0 Å². The molecule has 12 nitrogen and oxygen atoms in total. The Balaban J connectivity index is 1.51. The summed E-state index contributed by atoms with van der Waals surface area (Å²) in [7, 11) is 0. The van der Waals surface area contributed by atoms with Crippen LogP contribution in [0.25, 0.3) is 33.8 Å². The van der Waals surface area contributed by atoms with Gasteiger partial charge in [0.05, 0.1) is 27.9 Å². The maximum absolute atomic E-state index is 12.8. The van der Waals surface area contributed by atoms with Gasteiger partial charge in [-0.3, -0.25) is 14.5 Å². The van der Waals surface area contributed by atoms with Crippen molar-refractivity contribution in [2.24, 2.45) is 11.8 Å². The smallest absolute Gasteiger partial charge is 0.439 e. The van der Waals surface area contributed by atoms with E-state index in [4.69, 9.17) is 30.8 Å². The van der Waals surface area contributed by atoms with Crippen LogP contribution in [0.4, 0.5) is 10.7 Å². The van der Waals surface area contributed by atoms with E-state index in [0.717, 1.165) is 42.3 Å². The summed E-state index contributed by atoms with van der Waals surface area (Å²) in [5, 5.41) is 4.38. The average molecular weight is 623 g/mol. The van der Waals surface area contributed by atoms with Crippen LogP contribution in [0.2, 0.25) is 5.02 Å². The molecule has 1 aliphatic carbocycles. The summed E-state index contributed by atoms with van der Waals surface area (Å²) in [4.78, 5) is 46.0. The predicted molar refractivity (Wildman–Crippen MR) is 168 cm³/mol. The van der Waals surface area contributed by atoms with Crippen molar-refractivity contribution in [3.05, 3.63) is 40.1 Å². The number of ether oxygens (including phenoxy) is 1. The van der Waals surface area contributed by atoms with Gasteiger partial charge >= 0.3 is 11.8 Å². The molecule has 0 spiro atoms. The number of rotatable bonds is 6. The van der Waals surface area contributed by atoms with Crippen molar-refractivity contribution in [2.75, 3.05) is 18.0 Å². The second-order valence-corrected chi connectivity index (χ2v) is 13.1. The van der Waals surface area contributed by atoms with E-state index in [1.54, 1.807) is 17.3 Å². The zero-order valence-electron chi connectivity index (χ0n) is 25.8. The first-order valence-corrected chi connectivity index (χ1v) is 15.8. The molecule has 13 heteroatoms. The van der Waals surface area contributed by atoms with Crippen molar-refractivity contribution >= 4 is 34.7 Å². The average Bonchev–Trinajstić information content (AvgIpc) is 3.56. The lowest BCUT2D eigenvalue weighted by atomic mass is 9.83. The molecule has 0 radical (unpaired) electrons. The first-order chi connectivity index (χ1) is 21.1. The molecule has 1 N–H and O–H groups in total. The van der Waals surface area contributed by atoms with Crippen molar-refractivity contribution in [3.8, 4) is 22.8 Å². The van der Waals surface area contributed by atoms with Gasteiger partial charge in [0, 0.05) is 49.7 Å². The molecule has 4 aromatic rings. The van der Waals surface area contributed by atoms with Gasteiger partial charge in [-0.2, -0.15) is 0 Å². The standard InChI is InChI=1S/C31H39ClN8O4/c1-17(2)43-31(42)38-14-19(4)40(20(5)15-38)29-35-24-11-25(28-36-30(41)44-37-28)34-26(22-10-23(32)13-33-12-22)27(24)39(29)16-21-8-6-18(3)7-9-21/h10-13,17-21H,6-9,14-16H2,1-5H3,(H,36,37,41)/t18?,19-,20?,21?/m1/s1. The highest BCUT2D eigenvalue weighted by Crippen LogP contribution is 2.38. The van der Waals surface area contributed by atoms with Crippen LogP contribution in [0.3, 0.4) is 0 Å². The number of imidazole rings is 1. The maximum atomic E-state index is 12.8. The Labute approximate surface area is 260 Å². The van der Waals surface area contributed by atoms with Gasteiger partial charge in [0.25, 0.3) is 0 Å². The summed E-state index contributed by atoms with van der Waals surface area (Å²) in [6.45, 7) is 12.1. The predicted octanol–water partition coefficient (Wildman–Crippen LogP) is 5.76. The summed E-state index contributed by atoms with van der Waals surface area (Å²) in [5.74, 6) is 1.57. The molecule has 4 aromatic heterocycles. The van der Waals surface area contributed by atoms with Crippen LogP contribution in [0.1, 0.15) is 60.3 Å². The van der Waals surface area contributed by atoms with Crippen molar-refractivity contribution in [3.63, 3.8) is 0 Å². The van der Waals surface area contributed by atoms with Gasteiger partial charge in [-0.25, -0.2) is 19.6 Å². The number of anilines is 1. The minimum atomic E-state index is -0.665. The number of nitrogens with zero attached hydrogens (tertiary/aromatic N) is 7. The molecule has 2 fully saturated rings. The molecule has 1 saturated heterocycles. The minimum Gasteiger partial charge on any atom is -0.447 e. The number of fused-ring (bicyclic) bond motifs is 1. The second kappa shape index (κ2) is 12.2. The number of carbonyl (C=O) groups excluding carboxylic acids is 1. The summed E-state index contributed by atoms with van der Waals surface area (Å²) in [6.07, 6.45) is 7.50. The molecule has 44 heavy (non-hydrogen) atoms. The Hall–Kier alpha value is -3.93. The van der Waals surface area contributed by atoms with Gasteiger partial charge in [0.15, 0.2) is 0 Å². The molecule has 2 atom stereocenters. The van der Waals surface area contributed by atoms with Crippen LogP contribution in [0.5, 0.6) is 0 Å². The quantitative estimate of drug-likeness (QED) is 0.285. The van der Waals surface area contributed by atoms with Gasteiger partial charge < -0.3 is 19.1 Å². The third kappa shape index (κ3) is 6.04. The first-order valence-electron chi connectivity index (χ1n) is 15.4. The Bertz CT molecular complexity index is 1690. The summed E-state index contributed by atoms with van der Waals surface area (Å²) in [5.41, 5.74) is 3.34. The van der Waals surface area contributed by atoms with Crippen molar-refractivity contribution in [2.45, 2.75) is 85.0 Å². The summed E-state index contributed by atoms with van der Waals surface area (Å²) >= 11 is 6.41. The molecule has 0 bridgehead atoms. The Morgan fingerprint density at radius 3 is 2.45 bits per heavy atom. The fourth-order valence-electron chi connectivity index (χ4n) is 6.63. The molecule has 1 saturated carbocycles. The van der Waals surface area contributed by atoms with E-state index in [0.29, 0.717) is 40.9 Å². The largest absolute Gasteiger partial charge is 0.447 e. The number of H-pyrrole nitrogens is 1. The third-order valence-electron chi connectivity index (χ3n) is 8.69. The van der Waals surface area contributed by atoms with E-state index < -0.39 is 5.76 Å². The SMILES string of the molecule is CC1CCC(Cn2c(N3C(C)CN(C(=O)OC(C)C)C[C@H]3C)nc3cc(-c4noc(=O)[nH]4)nc(-c4cncc(Cl)c4)c32)CC1. The van der Waals surface area contributed by atoms with Gasteiger partial charge in [0.1, 0.15) is 5.69 Å². The van der Waals surface area contributed by atoms with E-state index in [-0.39, 0.29) is 30.1 Å². The van der Waals surface area contributed by atoms with Crippen LogP contribution in [0.15, 0.2) is 33.8 Å². The van der Waals surface area contributed by atoms with Crippen molar-refractivity contribution in [1.29, 1.82) is 0 Å². The van der Waals surface area contributed by atoms with Crippen LogP contribution in [0, 0.1) is 11.8 Å². The van der Waals surface area contributed by atoms with E-state index in [1.165, 1.54) is 12.8 Å².